The molecule has 1 unspecified atom stereocenters. The van der Waals surface area contributed by atoms with Crippen LogP contribution in [0.15, 0.2) is 0 Å². The summed E-state index contributed by atoms with van der Waals surface area (Å²) in [6, 6.07) is 0. The molecule has 0 bridgehead atoms. The Morgan fingerprint density at radius 1 is 1.14 bits per heavy atom. The average molecular weight is 201 g/mol. The van der Waals surface area contributed by atoms with E-state index in [1.807, 2.05) is 0 Å². The van der Waals surface area contributed by atoms with Gasteiger partial charge in [0.05, 0.1) is 6.10 Å². The maximum absolute atomic E-state index is 10.1. The minimum absolute atomic E-state index is 0.103. The average Bonchev–Trinajstić information content (AvgIpc) is 2.04. The van der Waals surface area contributed by atoms with E-state index in [2.05, 4.69) is 46.4 Å². The van der Waals surface area contributed by atoms with E-state index in [4.69, 9.17) is 0 Å². The predicted octanol–water partition coefficient (Wildman–Crippen LogP) is 2.51. The summed E-state index contributed by atoms with van der Waals surface area (Å²) in [5.41, 5.74) is -0.103. The van der Waals surface area contributed by atoms with E-state index < -0.39 is 0 Å². The number of nitrogens with zero attached hydrogens (tertiary/aromatic N) is 1. The Bertz CT molecular complexity index is 150. The molecule has 0 aromatic heterocycles. The molecule has 2 heteroatoms. The number of aliphatic hydroxyl groups is 1. The van der Waals surface area contributed by atoms with E-state index in [1.54, 1.807) is 0 Å². The lowest BCUT2D eigenvalue weighted by Gasteiger charge is -2.41. The summed E-state index contributed by atoms with van der Waals surface area (Å²) in [5, 5.41) is 10.1. The van der Waals surface area contributed by atoms with E-state index in [0.29, 0.717) is 5.92 Å². The summed E-state index contributed by atoms with van der Waals surface area (Å²) in [5.74, 6) is 0.555. The minimum atomic E-state index is -0.234. The van der Waals surface area contributed by atoms with E-state index in [1.165, 1.54) is 0 Å². The molecule has 2 nitrogen and oxygen atoms in total. The van der Waals surface area contributed by atoms with Gasteiger partial charge in [-0.15, -0.1) is 0 Å². The summed E-state index contributed by atoms with van der Waals surface area (Å²) in [6.45, 7) is 14.9. The molecule has 0 saturated carbocycles. The number of hydrogen-bond donors (Lipinski definition) is 1. The van der Waals surface area contributed by atoms with Crippen molar-refractivity contribution < 1.29 is 5.11 Å². The van der Waals surface area contributed by atoms with Crippen molar-refractivity contribution >= 4 is 0 Å². The van der Waals surface area contributed by atoms with Gasteiger partial charge < -0.3 is 5.11 Å². The third-order valence-electron chi connectivity index (χ3n) is 3.09. The highest BCUT2D eigenvalue weighted by Gasteiger charge is 2.32. The van der Waals surface area contributed by atoms with Crippen LogP contribution in [0.5, 0.6) is 0 Å². The monoisotopic (exact) mass is 201 g/mol. The van der Waals surface area contributed by atoms with Crippen LogP contribution in [-0.4, -0.2) is 34.7 Å². The summed E-state index contributed by atoms with van der Waals surface area (Å²) in [6.07, 6.45) is 0.645. The van der Waals surface area contributed by atoms with Gasteiger partial charge in [-0.2, -0.15) is 0 Å². The van der Waals surface area contributed by atoms with Crippen molar-refractivity contribution in [3.8, 4) is 0 Å². The molecule has 0 spiro atoms. The summed E-state index contributed by atoms with van der Waals surface area (Å²) in [4.78, 5) is 2.32. The van der Waals surface area contributed by atoms with E-state index in [-0.39, 0.29) is 11.6 Å². The molecular formula is C12H27NO. The normalized spacial score (nSPS) is 15.2. The molecule has 0 aliphatic rings. The Labute approximate surface area is 89.3 Å². The topological polar surface area (TPSA) is 23.5 Å². The third-order valence-corrected chi connectivity index (χ3v) is 3.09. The molecule has 1 N–H and O–H groups in total. The number of aliphatic hydroxyl groups excluding tert-OH is 1. The molecule has 86 valence electrons. The molecule has 0 fully saturated rings. The smallest absolute Gasteiger partial charge is 0.0720 e. The van der Waals surface area contributed by atoms with Crippen LogP contribution in [0.2, 0.25) is 0 Å². The van der Waals surface area contributed by atoms with E-state index in [9.17, 15) is 5.11 Å². The Hall–Kier alpha value is -0.0800. The Morgan fingerprint density at radius 2 is 1.57 bits per heavy atom. The Kier molecular flexibility index (Phi) is 5.68. The SMILES string of the molecule is CCN(CC)C(C)(C)C(O)CC(C)C. The zero-order chi connectivity index (χ0) is 11.4. The van der Waals surface area contributed by atoms with Crippen molar-refractivity contribution in [1.82, 2.24) is 4.90 Å². The van der Waals surface area contributed by atoms with Crippen LogP contribution in [0.3, 0.4) is 0 Å². The molecular weight excluding hydrogens is 174 g/mol. The van der Waals surface area contributed by atoms with Gasteiger partial charge in [0.2, 0.25) is 0 Å². The summed E-state index contributed by atoms with van der Waals surface area (Å²) < 4.78 is 0. The largest absolute Gasteiger partial charge is 0.391 e. The van der Waals surface area contributed by atoms with Crippen LogP contribution in [0, 0.1) is 5.92 Å². The van der Waals surface area contributed by atoms with Gasteiger partial charge in [-0.05, 0) is 39.3 Å². The van der Waals surface area contributed by atoms with Crippen molar-refractivity contribution in [3.05, 3.63) is 0 Å². The van der Waals surface area contributed by atoms with E-state index in [0.717, 1.165) is 19.5 Å². The molecule has 0 aromatic rings. The quantitative estimate of drug-likeness (QED) is 0.714. The summed E-state index contributed by atoms with van der Waals surface area (Å²) >= 11 is 0. The summed E-state index contributed by atoms with van der Waals surface area (Å²) in [7, 11) is 0. The van der Waals surface area contributed by atoms with Crippen LogP contribution in [-0.2, 0) is 0 Å². The van der Waals surface area contributed by atoms with Crippen LogP contribution >= 0.6 is 0 Å². The molecule has 0 aliphatic heterocycles. The van der Waals surface area contributed by atoms with Gasteiger partial charge in [-0.1, -0.05) is 27.7 Å². The van der Waals surface area contributed by atoms with Gasteiger partial charge >= 0.3 is 0 Å². The fraction of sp³-hybridized carbons (Fsp3) is 1.00. The van der Waals surface area contributed by atoms with Crippen LogP contribution < -0.4 is 0 Å². The first-order valence-corrected chi connectivity index (χ1v) is 5.79. The van der Waals surface area contributed by atoms with Crippen molar-refractivity contribution in [3.63, 3.8) is 0 Å². The molecule has 0 aliphatic carbocycles. The molecule has 0 aromatic carbocycles. The molecule has 1 atom stereocenters. The first-order chi connectivity index (χ1) is 6.36. The zero-order valence-electron chi connectivity index (χ0n) is 10.7. The predicted molar refractivity (Wildman–Crippen MR) is 62.5 cm³/mol. The lowest BCUT2D eigenvalue weighted by molar-refractivity contribution is -0.0153. The van der Waals surface area contributed by atoms with Gasteiger partial charge in [0.15, 0.2) is 0 Å². The molecule has 0 amide bonds. The second-order valence-electron chi connectivity index (χ2n) is 4.97. The second-order valence-corrected chi connectivity index (χ2v) is 4.97. The molecule has 0 radical (unpaired) electrons. The highest BCUT2D eigenvalue weighted by Crippen LogP contribution is 2.23. The lowest BCUT2D eigenvalue weighted by Crippen LogP contribution is -2.52. The third kappa shape index (κ3) is 3.58. The molecule has 0 rings (SSSR count). The highest BCUT2D eigenvalue weighted by atomic mass is 16.3. The zero-order valence-corrected chi connectivity index (χ0v) is 10.7. The van der Waals surface area contributed by atoms with Crippen LogP contribution in [0.25, 0.3) is 0 Å². The highest BCUT2D eigenvalue weighted by molar-refractivity contribution is 4.88. The Balaban J connectivity index is 4.40. The number of likely N-dealkylation sites (N-methyl/N-ethyl adjacent to an activating group) is 1. The first kappa shape index (κ1) is 13.9. The number of rotatable bonds is 6. The van der Waals surface area contributed by atoms with Gasteiger partial charge in [-0.25, -0.2) is 0 Å². The fourth-order valence-electron chi connectivity index (χ4n) is 1.98. The molecule has 0 heterocycles. The molecule has 0 saturated heterocycles. The van der Waals surface area contributed by atoms with Crippen molar-refractivity contribution in [2.24, 2.45) is 5.92 Å². The standard InChI is InChI=1S/C12H27NO/c1-7-13(8-2)12(5,6)11(14)9-10(3)4/h10-11,14H,7-9H2,1-6H3. The van der Waals surface area contributed by atoms with Crippen molar-refractivity contribution in [2.45, 2.75) is 59.6 Å². The van der Waals surface area contributed by atoms with Crippen molar-refractivity contribution in [1.29, 1.82) is 0 Å². The van der Waals surface area contributed by atoms with E-state index >= 15 is 0 Å². The second kappa shape index (κ2) is 5.72. The number of hydrogen-bond acceptors (Lipinski definition) is 2. The van der Waals surface area contributed by atoms with Gasteiger partial charge in [-0.3, -0.25) is 4.90 Å². The Morgan fingerprint density at radius 3 is 1.86 bits per heavy atom. The minimum Gasteiger partial charge on any atom is -0.391 e. The maximum Gasteiger partial charge on any atom is 0.0720 e. The van der Waals surface area contributed by atoms with Crippen molar-refractivity contribution in [2.75, 3.05) is 13.1 Å². The maximum atomic E-state index is 10.1. The van der Waals surface area contributed by atoms with Gasteiger partial charge in [0.1, 0.15) is 0 Å². The van der Waals surface area contributed by atoms with Crippen LogP contribution in [0.1, 0.15) is 48.0 Å². The van der Waals surface area contributed by atoms with Gasteiger partial charge in [0, 0.05) is 5.54 Å². The fourth-order valence-corrected chi connectivity index (χ4v) is 1.98. The molecule has 14 heavy (non-hydrogen) atoms. The first-order valence-electron chi connectivity index (χ1n) is 5.79. The van der Waals surface area contributed by atoms with Crippen LogP contribution in [0.4, 0.5) is 0 Å². The van der Waals surface area contributed by atoms with Gasteiger partial charge in [0.25, 0.3) is 0 Å². The lowest BCUT2D eigenvalue weighted by atomic mass is 9.89.